The van der Waals surface area contributed by atoms with Gasteiger partial charge in [-0.1, -0.05) is 159 Å². The number of unbranched alkanes of at least 4 members (excludes halogenated alkanes) is 2. The van der Waals surface area contributed by atoms with Gasteiger partial charge in [0.15, 0.2) is 0 Å². The molecule has 4 aromatic rings. The number of benzene rings is 4. The highest BCUT2D eigenvalue weighted by Gasteiger charge is 2.14. The predicted molar refractivity (Wildman–Crippen MR) is 322 cm³/mol. The number of allylic oxidation sites excluding steroid dienone is 6. The minimum atomic E-state index is -0.563. The van der Waals surface area contributed by atoms with Crippen LogP contribution in [-0.4, -0.2) is 113 Å². The summed E-state index contributed by atoms with van der Waals surface area (Å²) in [5.41, 5.74) is 5.83. The van der Waals surface area contributed by atoms with E-state index in [1.54, 1.807) is 26.0 Å². The molecule has 0 aromatic heterocycles. The van der Waals surface area contributed by atoms with Crippen molar-refractivity contribution in [2.24, 2.45) is 11.8 Å². The third-order valence-electron chi connectivity index (χ3n) is 13.3. The van der Waals surface area contributed by atoms with Gasteiger partial charge in [-0.05, 0) is 122 Å². The number of nitrogens with one attached hydrogen (secondary N) is 2. The fourth-order valence-corrected chi connectivity index (χ4v) is 8.41. The van der Waals surface area contributed by atoms with Gasteiger partial charge in [0, 0.05) is 48.9 Å². The molecular weight excluding hydrogens is 989 g/mol. The summed E-state index contributed by atoms with van der Waals surface area (Å²) in [5, 5.41) is 32.4. The maximum atomic E-state index is 12.4. The molecule has 0 aliphatic heterocycles. The van der Waals surface area contributed by atoms with Crippen molar-refractivity contribution in [3.05, 3.63) is 167 Å². The first-order valence-corrected chi connectivity index (χ1v) is 28.2. The first kappa shape index (κ1) is 65.1. The second-order valence-corrected chi connectivity index (χ2v) is 19.7. The number of ether oxygens (including phenoxy) is 5. The standard InChI is InChI=1S/C68H88N2O9/c1-53(65(71)55(3)28-21-30-59-38-39-60-31-17-18-33-63(60)52-59)24-13-9-7-11-15-26-57(5)67(73)69-40-42-75-44-46-77-48-50-79-51-49-78-47-45-76-43-41-70-68(74)58(6)27-16-12-8-10-14-25-54(2)66(72)56(4)29-22-34-62-36-23-35-61-32-19-20-37-64(61)62/h13-14,17-20,23-29,31-33,35-39,52-54,65-66,71-72H,11-12,15-16,21-22,30,34,40-51H2,1-6H3,(H,69,73)(H,70,74)/b24-13+,25-14+,55-28+,56-29+,57-26+,58-27+. The van der Waals surface area contributed by atoms with E-state index in [2.05, 4.69) is 131 Å². The molecule has 4 unspecified atom stereocenters. The fourth-order valence-electron chi connectivity index (χ4n) is 8.41. The molecule has 4 atom stereocenters. The molecule has 79 heavy (non-hydrogen) atoms. The molecule has 11 nitrogen and oxygen atoms in total. The van der Waals surface area contributed by atoms with E-state index in [1.807, 2.05) is 52.0 Å². The van der Waals surface area contributed by atoms with E-state index in [9.17, 15) is 19.8 Å². The molecule has 4 N–H and O–H groups in total. The summed E-state index contributed by atoms with van der Waals surface area (Å²) < 4.78 is 27.8. The highest BCUT2D eigenvalue weighted by atomic mass is 16.6. The van der Waals surface area contributed by atoms with Crippen LogP contribution in [0.3, 0.4) is 0 Å². The monoisotopic (exact) mass is 1080 g/mol. The van der Waals surface area contributed by atoms with Gasteiger partial charge in [-0.15, -0.1) is 0 Å². The summed E-state index contributed by atoms with van der Waals surface area (Å²) in [6, 6.07) is 29.8. The van der Waals surface area contributed by atoms with Gasteiger partial charge in [0.2, 0.25) is 11.8 Å². The number of rotatable bonds is 36. The molecular formula is C68H88N2O9. The third-order valence-corrected chi connectivity index (χ3v) is 13.3. The zero-order chi connectivity index (χ0) is 56.7. The van der Waals surface area contributed by atoms with Gasteiger partial charge >= 0.3 is 0 Å². The number of fused-ring (bicyclic) bond motifs is 2. The van der Waals surface area contributed by atoms with Crippen LogP contribution in [0.15, 0.2) is 156 Å². The molecule has 4 aromatic carbocycles. The number of carbonyl (C=O) groups excluding carboxylic acids is 2. The second-order valence-electron chi connectivity index (χ2n) is 19.7. The number of aliphatic hydroxyl groups excluding tert-OH is 2. The fraction of sp³-hybridized carbons (Fsp3) is 0.441. The first-order valence-electron chi connectivity index (χ1n) is 28.2. The summed E-state index contributed by atoms with van der Waals surface area (Å²) in [4.78, 5) is 24.9. The Morgan fingerprint density at radius 3 is 1.47 bits per heavy atom. The topological polar surface area (TPSA) is 145 Å². The van der Waals surface area contributed by atoms with Crippen LogP contribution in [0.2, 0.25) is 0 Å². The summed E-state index contributed by atoms with van der Waals surface area (Å²) in [6.07, 6.45) is 20.6. The van der Waals surface area contributed by atoms with E-state index in [1.165, 1.54) is 32.7 Å². The van der Waals surface area contributed by atoms with Crippen molar-refractivity contribution >= 4 is 33.4 Å². The Balaban J connectivity index is 0.882. The van der Waals surface area contributed by atoms with Crippen molar-refractivity contribution in [2.45, 2.75) is 105 Å². The molecule has 0 heterocycles. The van der Waals surface area contributed by atoms with Gasteiger partial charge in [0.1, 0.15) is 0 Å². The third kappa shape index (κ3) is 27.4. The summed E-state index contributed by atoms with van der Waals surface area (Å²) in [5.74, 6) is 12.0. The Morgan fingerprint density at radius 2 is 0.949 bits per heavy atom. The molecule has 0 saturated heterocycles. The van der Waals surface area contributed by atoms with Gasteiger partial charge in [-0.2, -0.15) is 0 Å². The molecule has 0 aliphatic carbocycles. The van der Waals surface area contributed by atoms with Crippen molar-refractivity contribution in [3.8, 4) is 23.7 Å². The minimum absolute atomic E-state index is 0.0553. The SMILES string of the molecule is C/C(=C\CCC#C/C=C/C(C)C(O)/C(C)=C/CCc1ccc2ccccc2c1)C(=O)NCCOCCOCCOCCOCCOCCNC(=O)/C(C)=C/CCC#C/C=C/C(C)C(O)/C(C)=C/CCc1cccc2ccccc12. The Bertz CT molecular complexity index is 2760. The van der Waals surface area contributed by atoms with Gasteiger partial charge in [-0.3, -0.25) is 9.59 Å². The van der Waals surface area contributed by atoms with Crippen molar-refractivity contribution in [3.63, 3.8) is 0 Å². The summed E-state index contributed by atoms with van der Waals surface area (Å²) in [7, 11) is 0. The molecule has 11 heteroatoms. The van der Waals surface area contributed by atoms with Gasteiger partial charge in [0.25, 0.3) is 0 Å². The Morgan fingerprint density at radius 1 is 0.506 bits per heavy atom. The summed E-state index contributed by atoms with van der Waals surface area (Å²) in [6.45, 7) is 16.5. The largest absolute Gasteiger partial charge is 0.388 e. The van der Waals surface area contributed by atoms with Crippen LogP contribution in [0.4, 0.5) is 0 Å². The first-order chi connectivity index (χ1) is 38.4. The maximum Gasteiger partial charge on any atom is 0.246 e. The zero-order valence-electron chi connectivity index (χ0n) is 47.9. The molecule has 2 amide bonds. The number of hydrogen-bond acceptors (Lipinski definition) is 9. The molecule has 0 bridgehead atoms. The number of aliphatic hydroxyl groups is 2. The number of hydrogen-bond donors (Lipinski definition) is 4. The number of aryl methyl sites for hydroxylation is 2. The average Bonchev–Trinajstić information content (AvgIpc) is 3.47. The van der Waals surface area contributed by atoms with Crippen molar-refractivity contribution < 1.29 is 43.5 Å². The molecule has 424 valence electrons. The van der Waals surface area contributed by atoms with E-state index in [0.717, 1.165) is 36.8 Å². The quantitative estimate of drug-likeness (QED) is 0.0151. The molecule has 0 fully saturated rings. The van der Waals surface area contributed by atoms with Crippen LogP contribution >= 0.6 is 0 Å². The summed E-state index contributed by atoms with van der Waals surface area (Å²) >= 11 is 0. The molecule has 0 spiro atoms. The molecule has 0 saturated carbocycles. The second kappa shape index (κ2) is 39.9. The van der Waals surface area contributed by atoms with Crippen LogP contribution in [0, 0.1) is 35.5 Å². The predicted octanol–water partition coefficient (Wildman–Crippen LogP) is 11.3. The molecule has 4 rings (SSSR count). The van der Waals surface area contributed by atoms with E-state index in [-0.39, 0.29) is 23.7 Å². The minimum Gasteiger partial charge on any atom is -0.388 e. The Labute approximate surface area is 472 Å². The lowest BCUT2D eigenvalue weighted by Gasteiger charge is -2.16. The molecule has 0 aliphatic rings. The van der Waals surface area contributed by atoms with Crippen LogP contribution in [-0.2, 0) is 46.1 Å². The van der Waals surface area contributed by atoms with Gasteiger partial charge in [-0.25, -0.2) is 0 Å². The Kier molecular flexibility index (Phi) is 32.9. The number of carbonyl (C=O) groups is 2. The van der Waals surface area contributed by atoms with Crippen molar-refractivity contribution in [2.75, 3.05) is 79.2 Å². The Hall–Kier alpha value is -6.38. The van der Waals surface area contributed by atoms with E-state index >= 15 is 0 Å². The van der Waals surface area contributed by atoms with Crippen molar-refractivity contribution in [1.29, 1.82) is 0 Å². The van der Waals surface area contributed by atoms with Crippen LogP contribution in [0.5, 0.6) is 0 Å². The maximum absolute atomic E-state index is 12.4. The van der Waals surface area contributed by atoms with Crippen LogP contribution in [0.1, 0.15) is 91.2 Å². The normalized spacial score (nSPS) is 14.0. The van der Waals surface area contributed by atoms with Crippen LogP contribution < -0.4 is 10.6 Å². The zero-order valence-corrected chi connectivity index (χ0v) is 47.9. The van der Waals surface area contributed by atoms with E-state index in [0.29, 0.717) is 116 Å². The average molecular weight is 1080 g/mol. The highest BCUT2D eigenvalue weighted by Crippen LogP contribution is 2.22. The van der Waals surface area contributed by atoms with Crippen LogP contribution in [0.25, 0.3) is 21.5 Å². The highest BCUT2D eigenvalue weighted by molar-refractivity contribution is 5.93. The van der Waals surface area contributed by atoms with E-state index in [4.69, 9.17) is 23.7 Å². The lowest BCUT2D eigenvalue weighted by Crippen LogP contribution is -2.28. The smallest absolute Gasteiger partial charge is 0.246 e. The number of amides is 2. The van der Waals surface area contributed by atoms with E-state index < -0.39 is 12.2 Å². The van der Waals surface area contributed by atoms with Gasteiger partial charge < -0.3 is 44.5 Å². The molecule has 0 radical (unpaired) electrons. The van der Waals surface area contributed by atoms with Gasteiger partial charge in [0.05, 0.1) is 78.3 Å². The lowest BCUT2D eigenvalue weighted by atomic mass is 9.95. The van der Waals surface area contributed by atoms with Crippen molar-refractivity contribution in [1.82, 2.24) is 10.6 Å². The lowest BCUT2D eigenvalue weighted by molar-refractivity contribution is -0.118.